The van der Waals surface area contributed by atoms with Crippen LogP contribution in [0.5, 0.6) is 0 Å². The van der Waals surface area contributed by atoms with Gasteiger partial charge in [0.25, 0.3) is 5.91 Å². The molecule has 31 heavy (non-hydrogen) atoms. The lowest BCUT2D eigenvalue weighted by atomic mass is 9.87. The molecule has 6 heteroatoms. The lowest BCUT2D eigenvalue weighted by molar-refractivity contribution is 0.0464. The van der Waals surface area contributed by atoms with E-state index < -0.39 is 6.10 Å². The van der Waals surface area contributed by atoms with Crippen LogP contribution in [-0.2, 0) is 6.42 Å². The Morgan fingerprint density at radius 1 is 1.16 bits per heavy atom. The first-order chi connectivity index (χ1) is 15.0. The average molecular weight is 439 g/mol. The zero-order chi connectivity index (χ0) is 22.0. The molecule has 2 aromatic carbocycles. The number of benzene rings is 2. The number of aliphatic hydroxyl groups excluding tert-OH is 1. The molecule has 0 bridgehead atoms. The smallest absolute Gasteiger partial charge is 0.265 e. The predicted molar refractivity (Wildman–Crippen MR) is 122 cm³/mol. The highest BCUT2D eigenvalue weighted by molar-refractivity contribution is 7.17. The molecule has 2 heterocycles. The highest BCUT2D eigenvalue weighted by Gasteiger charge is 2.30. The van der Waals surface area contributed by atoms with Crippen molar-refractivity contribution < 1.29 is 14.3 Å². The SMILES string of the molecule is CCc1ccc(-c2nc(C)c(C(=O)N3CCC(C(O)c4ccc(F)cc4)CC3)s2)cc1. The molecule has 1 aliphatic heterocycles. The van der Waals surface area contributed by atoms with E-state index >= 15 is 0 Å². The molecule has 1 aliphatic rings. The topological polar surface area (TPSA) is 53.4 Å². The van der Waals surface area contributed by atoms with Gasteiger partial charge in [0.2, 0.25) is 0 Å². The number of aliphatic hydroxyl groups is 1. The van der Waals surface area contributed by atoms with Gasteiger partial charge in [-0.15, -0.1) is 11.3 Å². The minimum atomic E-state index is -0.638. The molecule has 1 aromatic heterocycles. The molecular formula is C25H27FN2O2S. The van der Waals surface area contributed by atoms with E-state index in [-0.39, 0.29) is 17.6 Å². The van der Waals surface area contributed by atoms with Crippen molar-refractivity contribution in [3.63, 3.8) is 0 Å². The van der Waals surface area contributed by atoms with E-state index in [0.29, 0.717) is 30.8 Å². The third-order valence-electron chi connectivity index (χ3n) is 6.08. The first-order valence-electron chi connectivity index (χ1n) is 10.8. The van der Waals surface area contributed by atoms with Gasteiger partial charge in [-0.2, -0.15) is 0 Å². The van der Waals surface area contributed by atoms with Gasteiger partial charge in [0.1, 0.15) is 15.7 Å². The molecular weight excluding hydrogens is 411 g/mol. The largest absolute Gasteiger partial charge is 0.388 e. The van der Waals surface area contributed by atoms with E-state index in [1.807, 2.05) is 11.8 Å². The monoisotopic (exact) mass is 438 g/mol. The molecule has 0 radical (unpaired) electrons. The van der Waals surface area contributed by atoms with Crippen LogP contribution in [0.3, 0.4) is 0 Å². The Morgan fingerprint density at radius 2 is 1.81 bits per heavy atom. The minimum absolute atomic E-state index is 0.0150. The molecule has 1 atom stereocenters. The van der Waals surface area contributed by atoms with E-state index in [9.17, 15) is 14.3 Å². The van der Waals surface area contributed by atoms with Crippen LogP contribution >= 0.6 is 11.3 Å². The molecule has 3 aromatic rings. The Hall–Kier alpha value is -2.57. The summed E-state index contributed by atoms with van der Waals surface area (Å²) >= 11 is 1.45. The zero-order valence-electron chi connectivity index (χ0n) is 17.8. The molecule has 1 unspecified atom stereocenters. The predicted octanol–water partition coefficient (Wildman–Crippen LogP) is 5.41. The summed E-state index contributed by atoms with van der Waals surface area (Å²) in [6, 6.07) is 14.3. The Kier molecular flexibility index (Phi) is 6.49. The molecule has 1 saturated heterocycles. The van der Waals surface area contributed by atoms with Crippen molar-refractivity contribution in [2.75, 3.05) is 13.1 Å². The first-order valence-corrected chi connectivity index (χ1v) is 11.6. The summed E-state index contributed by atoms with van der Waals surface area (Å²) < 4.78 is 13.1. The summed E-state index contributed by atoms with van der Waals surface area (Å²) in [4.78, 5) is 20.3. The molecule has 4 nitrogen and oxygen atoms in total. The number of halogens is 1. The number of carbonyl (C=O) groups excluding carboxylic acids is 1. The molecule has 0 saturated carbocycles. The summed E-state index contributed by atoms with van der Waals surface area (Å²) in [7, 11) is 0. The van der Waals surface area contributed by atoms with E-state index in [2.05, 4.69) is 36.2 Å². The van der Waals surface area contributed by atoms with Crippen LogP contribution in [0.2, 0.25) is 0 Å². The number of amides is 1. The fourth-order valence-electron chi connectivity index (χ4n) is 4.10. The van der Waals surface area contributed by atoms with Gasteiger partial charge in [0.05, 0.1) is 11.8 Å². The molecule has 1 N–H and O–H groups in total. The van der Waals surface area contributed by atoms with Crippen LogP contribution in [0, 0.1) is 18.7 Å². The number of piperidine rings is 1. The van der Waals surface area contributed by atoms with Crippen LogP contribution in [0.1, 0.15) is 52.4 Å². The maximum Gasteiger partial charge on any atom is 0.265 e. The van der Waals surface area contributed by atoms with Gasteiger partial charge in [-0.3, -0.25) is 4.79 Å². The molecule has 0 aliphatic carbocycles. The van der Waals surface area contributed by atoms with Crippen molar-refractivity contribution in [3.8, 4) is 10.6 Å². The number of likely N-dealkylation sites (tertiary alicyclic amines) is 1. The molecule has 4 rings (SSSR count). The van der Waals surface area contributed by atoms with Gasteiger partial charge in [-0.1, -0.05) is 43.3 Å². The van der Waals surface area contributed by atoms with Gasteiger partial charge < -0.3 is 10.0 Å². The van der Waals surface area contributed by atoms with Gasteiger partial charge >= 0.3 is 0 Å². The summed E-state index contributed by atoms with van der Waals surface area (Å²) in [6.07, 6.45) is 1.79. The second-order valence-corrected chi connectivity index (χ2v) is 9.11. The van der Waals surface area contributed by atoms with Gasteiger partial charge in [0.15, 0.2) is 0 Å². The first kappa shape index (κ1) is 21.7. The number of carbonyl (C=O) groups is 1. The second kappa shape index (κ2) is 9.28. The maximum atomic E-state index is 13.1. The highest BCUT2D eigenvalue weighted by Crippen LogP contribution is 2.33. The van der Waals surface area contributed by atoms with Gasteiger partial charge in [-0.05, 0) is 55.4 Å². The quantitative estimate of drug-likeness (QED) is 0.580. The molecule has 162 valence electrons. The van der Waals surface area contributed by atoms with Crippen LogP contribution < -0.4 is 0 Å². The molecule has 1 amide bonds. The van der Waals surface area contributed by atoms with E-state index in [1.54, 1.807) is 12.1 Å². The van der Waals surface area contributed by atoms with Gasteiger partial charge in [0, 0.05) is 18.7 Å². The lowest BCUT2D eigenvalue weighted by Crippen LogP contribution is -2.39. The second-order valence-electron chi connectivity index (χ2n) is 8.11. The molecule has 0 spiro atoms. The van der Waals surface area contributed by atoms with Crippen molar-refractivity contribution in [2.24, 2.45) is 5.92 Å². The summed E-state index contributed by atoms with van der Waals surface area (Å²) in [5, 5.41) is 11.5. The average Bonchev–Trinajstić information content (AvgIpc) is 3.20. The normalized spacial score (nSPS) is 15.8. The van der Waals surface area contributed by atoms with Crippen LogP contribution in [0.25, 0.3) is 10.6 Å². The van der Waals surface area contributed by atoms with Crippen molar-refractivity contribution >= 4 is 17.2 Å². The standard InChI is InChI=1S/C25H27FN2O2S/c1-3-17-4-6-20(7-5-17)24-27-16(2)23(31-24)25(30)28-14-12-19(13-15-28)22(29)18-8-10-21(26)11-9-18/h4-11,19,22,29H,3,12-15H2,1-2H3. The number of aromatic nitrogens is 1. The molecule has 1 fully saturated rings. The Morgan fingerprint density at radius 3 is 2.42 bits per heavy atom. The van der Waals surface area contributed by atoms with E-state index in [1.165, 1.54) is 29.0 Å². The van der Waals surface area contributed by atoms with E-state index in [4.69, 9.17) is 0 Å². The Balaban J connectivity index is 1.41. The zero-order valence-corrected chi connectivity index (χ0v) is 18.7. The third kappa shape index (κ3) is 4.70. The number of aryl methyl sites for hydroxylation is 2. The van der Waals surface area contributed by atoms with E-state index in [0.717, 1.165) is 28.2 Å². The maximum absolute atomic E-state index is 13.1. The number of hydrogen-bond donors (Lipinski definition) is 1. The fourth-order valence-corrected chi connectivity index (χ4v) is 5.13. The summed E-state index contributed by atoms with van der Waals surface area (Å²) in [6.45, 7) is 5.21. The summed E-state index contributed by atoms with van der Waals surface area (Å²) in [5.41, 5.74) is 3.80. The van der Waals surface area contributed by atoms with Crippen molar-refractivity contribution in [3.05, 3.63) is 76.0 Å². The van der Waals surface area contributed by atoms with Crippen LogP contribution in [-0.4, -0.2) is 34.0 Å². The summed E-state index contributed by atoms with van der Waals surface area (Å²) in [5.74, 6) is -0.233. The number of hydrogen-bond acceptors (Lipinski definition) is 4. The number of thiazole rings is 1. The van der Waals surface area contributed by atoms with Crippen LogP contribution in [0.4, 0.5) is 4.39 Å². The van der Waals surface area contributed by atoms with Crippen LogP contribution in [0.15, 0.2) is 48.5 Å². The number of rotatable bonds is 5. The fraction of sp³-hybridized carbons (Fsp3) is 0.360. The van der Waals surface area contributed by atoms with Crippen molar-refractivity contribution in [1.82, 2.24) is 9.88 Å². The lowest BCUT2D eigenvalue weighted by Gasteiger charge is -2.34. The Bertz CT molecular complexity index is 1040. The Labute approximate surface area is 186 Å². The van der Waals surface area contributed by atoms with Crippen molar-refractivity contribution in [2.45, 2.75) is 39.2 Å². The third-order valence-corrected chi connectivity index (χ3v) is 7.28. The minimum Gasteiger partial charge on any atom is -0.388 e. The van der Waals surface area contributed by atoms with Crippen molar-refractivity contribution in [1.29, 1.82) is 0 Å². The highest BCUT2D eigenvalue weighted by atomic mass is 32.1. The number of nitrogens with zero attached hydrogens (tertiary/aromatic N) is 2. The van der Waals surface area contributed by atoms with Gasteiger partial charge in [-0.25, -0.2) is 9.37 Å².